The molecule has 2 heterocycles. The minimum Gasteiger partial charge on any atom is -0.363 e. The number of halogens is 3. The van der Waals surface area contributed by atoms with Crippen LogP contribution in [0.1, 0.15) is 23.7 Å². The minimum atomic E-state index is -4.63. The van der Waals surface area contributed by atoms with Gasteiger partial charge < -0.3 is 10.7 Å². The van der Waals surface area contributed by atoms with Crippen molar-refractivity contribution in [2.24, 2.45) is 5.84 Å². The zero-order valence-corrected chi connectivity index (χ0v) is 11.2. The fraction of sp³-hybridized carbons (Fsp3) is 0.273. The minimum absolute atomic E-state index is 0.0566. The van der Waals surface area contributed by atoms with Crippen LogP contribution in [0.4, 0.5) is 24.8 Å². The molecule has 2 rings (SSSR count). The highest BCUT2D eigenvalue weighted by molar-refractivity contribution is 7.10. The van der Waals surface area contributed by atoms with Gasteiger partial charge in [0, 0.05) is 10.9 Å². The number of rotatable bonds is 4. The smallest absolute Gasteiger partial charge is 0.363 e. The number of nitrogens with one attached hydrogen (secondary N) is 2. The number of hydrazine groups is 1. The molecule has 0 aliphatic rings. The number of nitrogens with two attached hydrogens (primary N) is 1. The predicted octanol–water partition coefficient (Wildman–Crippen LogP) is 3.02. The second-order valence-corrected chi connectivity index (χ2v) is 4.96. The van der Waals surface area contributed by atoms with Crippen molar-refractivity contribution in [1.82, 2.24) is 9.97 Å². The molecular formula is C11H12F3N5S. The van der Waals surface area contributed by atoms with Crippen molar-refractivity contribution in [1.29, 1.82) is 0 Å². The number of anilines is 2. The average molecular weight is 303 g/mol. The second-order valence-electron chi connectivity index (χ2n) is 3.99. The Kier molecular flexibility index (Phi) is 4.09. The number of hydrogen-bond donors (Lipinski definition) is 3. The van der Waals surface area contributed by atoms with Crippen LogP contribution in [0.3, 0.4) is 0 Å². The topological polar surface area (TPSA) is 75.9 Å². The van der Waals surface area contributed by atoms with E-state index in [1.54, 1.807) is 0 Å². The van der Waals surface area contributed by atoms with Crippen LogP contribution in [0.15, 0.2) is 23.6 Å². The Balaban J connectivity index is 2.27. The van der Waals surface area contributed by atoms with Gasteiger partial charge in [0.05, 0.1) is 6.04 Å². The summed E-state index contributed by atoms with van der Waals surface area (Å²) < 4.78 is 38.0. The fourth-order valence-electron chi connectivity index (χ4n) is 1.55. The maximum atomic E-state index is 12.7. The molecule has 20 heavy (non-hydrogen) atoms. The van der Waals surface area contributed by atoms with Gasteiger partial charge in [-0.25, -0.2) is 15.8 Å². The Hall–Kier alpha value is -1.87. The second kappa shape index (κ2) is 5.63. The molecule has 1 unspecified atom stereocenters. The van der Waals surface area contributed by atoms with E-state index in [0.717, 1.165) is 4.88 Å². The lowest BCUT2D eigenvalue weighted by molar-refractivity contribution is -0.144. The molecule has 5 nitrogen and oxygen atoms in total. The SMILES string of the molecule is CC(Nc1cc(NN)nc(C(F)(F)F)n1)c1cccs1. The first kappa shape index (κ1) is 14.5. The van der Waals surface area contributed by atoms with Gasteiger partial charge in [-0.05, 0) is 18.4 Å². The molecule has 0 aliphatic carbocycles. The average Bonchev–Trinajstić information content (AvgIpc) is 2.91. The maximum Gasteiger partial charge on any atom is 0.451 e. The monoisotopic (exact) mass is 303 g/mol. The number of nitrogen functional groups attached to an aromatic ring is 1. The normalized spacial score (nSPS) is 13.1. The van der Waals surface area contributed by atoms with Gasteiger partial charge in [0.25, 0.3) is 0 Å². The Labute approximate surface area is 117 Å². The molecule has 0 aliphatic heterocycles. The highest BCUT2D eigenvalue weighted by Gasteiger charge is 2.35. The van der Waals surface area contributed by atoms with Gasteiger partial charge in [0.2, 0.25) is 5.82 Å². The van der Waals surface area contributed by atoms with Gasteiger partial charge in [0.15, 0.2) is 0 Å². The number of hydrogen-bond acceptors (Lipinski definition) is 6. The van der Waals surface area contributed by atoms with Gasteiger partial charge >= 0.3 is 6.18 Å². The van der Waals surface area contributed by atoms with Crippen LogP contribution in [-0.4, -0.2) is 9.97 Å². The van der Waals surface area contributed by atoms with Crippen molar-refractivity contribution in [3.05, 3.63) is 34.3 Å². The van der Waals surface area contributed by atoms with Crippen LogP contribution in [0.25, 0.3) is 0 Å². The van der Waals surface area contributed by atoms with E-state index >= 15 is 0 Å². The molecule has 0 saturated heterocycles. The summed E-state index contributed by atoms with van der Waals surface area (Å²) in [6, 6.07) is 4.90. The Morgan fingerprint density at radius 2 is 2.00 bits per heavy atom. The zero-order chi connectivity index (χ0) is 14.8. The third kappa shape index (κ3) is 3.36. The molecule has 0 saturated carbocycles. The van der Waals surface area contributed by atoms with E-state index in [0.29, 0.717) is 0 Å². The van der Waals surface area contributed by atoms with E-state index in [1.807, 2.05) is 24.4 Å². The van der Waals surface area contributed by atoms with Crippen molar-refractivity contribution in [2.75, 3.05) is 10.7 Å². The summed E-state index contributed by atoms with van der Waals surface area (Å²) >= 11 is 1.50. The number of aromatic nitrogens is 2. The van der Waals surface area contributed by atoms with Crippen molar-refractivity contribution in [2.45, 2.75) is 19.1 Å². The molecule has 108 valence electrons. The van der Waals surface area contributed by atoms with Crippen molar-refractivity contribution in [3.63, 3.8) is 0 Å². The first-order valence-corrected chi connectivity index (χ1v) is 6.51. The summed E-state index contributed by atoms with van der Waals surface area (Å²) in [7, 11) is 0. The van der Waals surface area contributed by atoms with E-state index in [1.165, 1.54) is 17.4 Å². The van der Waals surface area contributed by atoms with Crippen LogP contribution in [0.2, 0.25) is 0 Å². The quantitative estimate of drug-likeness (QED) is 0.598. The standard InChI is InChI=1S/C11H12F3N5S/c1-6(7-3-2-4-20-7)16-8-5-9(19-15)18-10(17-8)11(12,13)14/h2-6H,15H2,1H3,(H2,16,17,18,19). The molecule has 1 atom stereocenters. The number of nitrogens with zero attached hydrogens (tertiary/aromatic N) is 2. The van der Waals surface area contributed by atoms with Crippen LogP contribution in [-0.2, 0) is 6.18 Å². The molecule has 2 aromatic rings. The molecule has 0 fully saturated rings. The number of thiophene rings is 1. The largest absolute Gasteiger partial charge is 0.451 e. The summed E-state index contributed by atoms with van der Waals surface area (Å²) in [4.78, 5) is 7.73. The molecule has 0 aromatic carbocycles. The summed E-state index contributed by atoms with van der Waals surface area (Å²) in [5, 5.41) is 4.79. The van der Waals surface area contributed by atoms with E-state index in [2.05, 4.69) is 20.7 Å². The lowest BCUT2D eigenvalue weighted by Gasteiger charge is -2.15. The van der Waals surface area contributed by atoms with Crippen LogP contribution in [0.5, 0.6) is 0 Å². The Morgan fingerprint density at radius 1 is 1.30 bits per heavy atom. The van der Waals surface area contributed by atoms with Gasteiger partial charge in [-0.15, -0.1) is 11.3 Å². The molecule has 2 aromatic heterocycles. The van der Waals surface area contributed by atoms with Crippen molar-refractivity contribution < 1.29 is 13.2 Å². The molecule has 0 spiro atoms. The zero-order valence-electron chi connectivity index (χ0n) is 10.4. The van der Waals surface area contributed by atoms with Gasteiger partial charge in [0.1, 0.15) is 11.6 Å². The number of alkyl halides is 3. The summed E-state index contributed by atoms with van der Waals surface area (Å²) in [5.74, 6) is 3.83. The van der Waals surface area contributed by atoms with E-state index in [9.17, 15) is 13.2 Å². The van der Waals surface area contributed by atoms with Crippen LogP contribution in [0, 0.1) is 0 Å². The lowest BCUT2D eigenvalue weighted by atomic mass is 10.3. The van der Waals surface area contributed by atoms with Crippen LogP contribution >= 0.6 is 11.3 Å². The first-order chi connectivity index (χ1) is 9.40. The summed E-state index contributed by atoms with van der Waals surface area (Å²) in [6.07, 6.45) is -4.63. The third-order valence-electron chi connectivity index (χ3n) is 2.46. The molecule has 4 N–H and O–H groups in total. The highest BCUT2D eigenvalue weighted by Crippen LogP contribution is 2.29. The van der Waals surface area contributed by atoms with E-state index in [-0.39, 0.29) is 17.7 Å². The highest BCUT2D eigenvalue weighted by atomic mass is 32.1. The molecular weight excluding hydrogens is 291 g/mol. The van der Waals surface area contributed by atoms with Gasteiger partial charge in [-0.2, -0.15) is 13.2 Å². The van der Waals surface area contributed by atoms with Gasteiger partial charge in [-0.3, -0.25) is 0 Å². The van der Waals surface area contributed by atoms with Crippen molar-refractivity contribution >= 4 is 23.0 Å². The summed E-state index contributed by atoms with van der Waals surface area (Å²) in [5.41, 5.74) is 2.10. The van der Waals surface area contributed by atoms with Crippen LogP contribution < -0.4 is 16.6 Å². The molecule has 9 heteroatoms. The fourth-order valence-corrected chi connectivity index (χ4v) is 2.29. The van der Waals surface area contributed by atoms with E-state index in [4.69, 9.17) is 5.84 Å². The first-order valence-electron chi connectivity index (χ1n) is 5.63. The van der Waals surface area contributed by atoms with Crippen molar-refractivity contribution in [3.8, 4) is 0 Å². The Bertz CT molecular complexity index is 570. The summed E-state index contributed by atoms with van der Waals surface area (Å²) in [6.45, 7) is 1.83. The maximum absolute atomic E-state index is 12.7. The predicted molar refractivity (Wildman–Crippen MR) is 71.2 cm³/mol. The third-order valence-corrected chi connectivity index (χ3v) is 3.52. The molecule has 0 bridgehead atoms. The van der Waals surface area contributed by atoms with E-state index < -0.39 is 12.0 Å². The molecule has 0 radical (unpaired) electrons. The Morgan fingerprint density at radius 3 is 2.55 bits per heavy atom. The molecule has 0 amide bonds. The lowest BCUT2D eigenvalue weighted by Crippen LogP contribution is -2.18. The van der Waals surface area contributed by atoms with Gasteiger partial charge in [-0.1, -0.05) is 6.07 Å².